The molecule has 0 aromatic heterocycles. The molecule has 3 nitrogen and oxygen atoms in total. The number of likely N-dealkylation sites (tertiary alicyclic amines) is 1. The molecule has 0 spiro atoms. The number of amides is 1. The lowest BCUT2D eigenvalue weighted by Gasteiger charge is -2.29. The third kappa shape index (κ3) is 3.42. The third-order valence-corrected chi connectivity index (χ3v) is 4.49. The van der Waals surface area contributed by atoms with E-state index < -0.39 is 0 Å². The second-order valence-electron chi connectivity index (χ2n) is 4.82. The minimum absolute atomic E-state index is 0.00744. The van der Waals surface area contributed by atoms with Crippen molar-refractivity contribution in [3.63, 3.8) is 0 Å². The van der Waals surface area contributed by atoms with Crippen LogP contribution in [0.3, 0.4) is 0 Å². The smallest absolute Gasteiger partial charge is 0.257 e. The summed E-state index contributed by atoms with van der Waals surface area (Å²) >= 11 is 9.39. The lowest BCUT2D eigenvalue weighted by Crippen LogP contribution is -2.41. The fourth-order valence-electron chi connectivity index (χ4n) is 2.44. The number of carbonyl (C=O) groups is 1. The molecule has 5 heteroatoms. The first kappa shape index (κ1) is 14.7. The Bertz CT molecular complexity index is 467. The van der Waals surface area contributed by atoms with Crippen molar-refractivity contribution in [2.45, 2.75) is 31.7 Å². The fourth-order valence-corrected chi connectivity index (χ4v) is 3.28. The molecule has 0 bridgehead atoms. The molecule has 1 aliphatic heterocycles. The molecule has 1 atom stereocenters. The zero-order valence-electron chi connectivity index (χ0n) is 10.6. The van der Waals surface area contributed by atoms with Gasteiger partial charge in [-0.2, -0.15) is 0 Å². The number of alkyl halides is 1. The Kier molecular flexibility index (Phi) is 5.11. The van der Waals surface area contributed by atoms with E-state index in [1.54, 1.807) is 6.07 Å². The summed E-state index contributed by atoms with van der Waals surface area (Å²) in [7, 11) is 0. The first-order valence-electron chi connectivity index (χ1n) is 6.49. The van der Waals surface area contributed by atoms with Gasteiger partial charge in [0.25, 0.3) is 5.91 Å². The molecule has 19 heavy (non-hydrogen) atoms. The topological polar surface area (TPSA) is 40.5 Å². The molecule has 0 radical (unpaired) electrons. The van der Waals surface area contributed by atoms with Gasteiger partial charge in [-0.05, 0) is 31.0 Å². The molecule has 1 amide bonds. The van der Waals surface area contributed by atoms with E-state index in [0.717, 1.165) is 37.6 Å². The van der Waals surface area contributed by atoms with Gasteiger partial charge in [-0.3, -0.25) is 4.79 Å². The summed E-state index contributed by atoms with van der Waals surface area (Å²) in [6, 6.07) is 4.78. The molecule has 1 aliphatic rings. The Morgan fingerprint density at radius 3 is 2.95 bits per heavy atom. The van der Waals surface area contributed by atoms with Crippen LogP contribution in [-0.2, 0) is 0 Å². The molecule has 1 saturated heterocycles. The van der Waals surface area contributed by atoms with Crippen molar-refractivity contribution in [1.29, 1.82) is 0 Å². The van der Waals surface area contributed by atoms with Crippen molar-refractivity contribution >= 4 is 33.4 Å². The van der Waals surface area contributed by atoms with Crippen LogP contribution in [0.2, 0.25) is 5.02 Å². The quantitative estimate of drug-likeness (QED) is 0.827. The lowest BCUT2D eigenvalue weighted by molar-refractivity contribution is 0.0699. The van der Waals surface area contributed by atoms with Crippen LogP contribution in [-0.4, -0.2) is 33.8 Å². The van der Waals surface area contributed by atoms with E-state index in [1.807, 2.05) is 4.90 Å². The van der Waals surface area contributed by atoms with Gasteiger partial charge in [0.1, 0.15) is 5.75 Å². The molecule has 1 N–H and O–H groups in total. The molecule has 1 unspecified atom stereocenters. The second kappa shape index (κ2) is 6.62. The SMILES string of the molecule is O=C(c1cc(Cl)ccc1O)N1CCCCCC1CBr. The molecular weight excluding hydrogens is 330 g/mol. The highest BCUT2D eigenvalue weighted by atomic mass is 79.9. The number of hydrogen-bond acceptors (Lipinski definition) is 2. The number of rotatable bonds is 2. The highest BCUT2D eigenvalue weighted by molar-refractivity contribution is 9.09. The summed E-state index contributed by atoms with van der Waals surface area (Å²) in [5.41, 5.74) is 0.292. The summed E-state index contributed by atoms with van der Waals surface area (Å²) < 4.78 is 0. The van der Waals surface area contributed by atoms with Crippen LogP contribution in [0.25, 0.3) is 0 Å². The molecule has 1 aromatic carbocycles. The van der Waals surface area contributed by atoms with Gasteiger partial charge in [-0.1, -0.05) is 40.4 Å². The van der Waals surface area contributed by atoms with Crippen LogP contribution >= 0.6 is 27.5 Å². The largest absolute Gasteiger partial charge is 0.507 e. The van der Waals surface area contributed by atoms with Gasteiger partial charge in [-0.15, -0.1) is 0 Å². The highest BCUT2D eigenvalue weighted by Crippen LogP contribution is 2.26. The Morgan fingerprint density at radius 1 is 1.42 bits per heavy atom. The van der Waals surface area contributed by atoms with Crippen molar-refractivity contribution in [3.05, 3.63) is 28.8 Å². The summed E-state index contributed by atoms with van der Waals surface area (Å²) in [5, 5.41) is 11.1. The van der Waals surface area contributed by atoms with E-state index in [-0.39, 0.29) is 17.7 Å². The molecule has 1 aromatic rings. The number of nitrogens with zero attached hydrogens (tertiary/aromatic N) is 1. The van der Waals surface area contributed by atoms with Crippen LogP contribution in [0.5, 0.6) is 5.75 Å². The molecular formula is C14H17BrClNO2. The molecule has 2 rings (SSSR count). The summed E-state index contributed by atoms with van der Waals surface area (Å²) in [4.78, 5) is 14.4. The number of aromatic hydroxyl groups is 1. The van der Waals surface area contributed by atoms with Crippen molar-refractivity contribution in [2.24, 2.45) is 0 Å². The fraction of sp³-hybridized carbons (Fsp3) is 0.500. The Labute approximate surface area is 126 Å². The Balaban J connectivity index is 2.27. The predicted molar refractivity (Wildman–Crippen MR) is 80.2 cm³/mol. The van der Waals surface area contributed by atoms with Crippen molar-refractivity contribution < 1.29 is 9.90 Å². The molecule has 0 saturated carbocycles. The van der Waals surface area contributed by atoms with Crippen molar-refractivity contribution in [3.8, 4) is 5.75 Å². The van der Waals surface area contributed by atoms with Gasteiger partial charge in [0.05, 0.1) is 5.56 Å². The Morgan fingerprint density at radius 2 is 2.21 bits per heavy atom. The standard InChI is InChI=1S/C14H17BrClNO2/c15-9-11-4-2-1-3-7-17(11)14(19)12-8-10(16)5-6-13(12)18/h5-6,8,11,18H,1-4,7,9H2. The van der Waals surface area contributed by atoms with Gasteiger partial charge in [0.15, 0.2) is 0 Å². The van der Waals surface area contributed by atoms with Crippen LogP contribution in [0, 0.1) is 0 Å². The third-order valence-electron chi connectivity index (χ3n) is 3.51. The van der Waals surface area contributed by atoms with E-state index >= 15 is 0 Å². The molecule has 0 aliphatic carbocycles. The normalized spacial score (nSPS) is 20.1. The van der Waals surface area contributed by atoms with Gasteiger partial charge in [0.2, 0.25) is 0 Å². The zero-order valence-corrected chi connectivity index (χ0v) is 13.0. The second-order valence-corrected chi connectivity index (χ2v) is 5.90. The van der Waals surface area contributed by atoms with Gasteiger partial charge in [-0.25, -0.2) is 0 Å². The van der Waals surface area contributed by atoms with Crippen LogP contribution in [0.15, 0.2) is 18.2 Å². The number of benzene rings is 1. The van der Waals surface area contributed by atoms with Crippen molar-refractivity contribution in [2.75, 3.05) is 11.9 Å². The Hall–Kier alpha value is -0.740. The summed E-state index contributed by atoms with van der Waals surface area (Å²) in [5.74, 6) is -0.140. The van der Waals surface area contributed by atoms with Gasteiger partial charge < -0.3 is 10.0 Å². The minimum Gasteiger partial charge on any atom is -0.507 e. The molecule has 104 valence electrons. The predicted octanol–water partition coefficient (Wildman–Crippen LogP) is 3.83. The highest BCUT2D eigenvalue weighted by Gasteiger charge is 2.27. The number of hydrogen-bond donors (Lipinski definition) is 1. The van der Waals surface area contributed by atoms with E-state index in [9.17, 15) is 9.90 Å². The molecule has 1 fully saturated rings. The van der Waals surface area contributed by atoms with E-state index in [1.165, 1.54) is 12.1 Å². The lowest BCUT2D eigenvalue weighted by atomic mass is 10.1. The van der Waals surface area contributed by atoms with E-state index in [2.05, 4.69) is 15.9 Å². The van der Waals surface area contributed by atoms with Crippen LogP contribution in [0.1, 0.15) is 36.0 Å². The number of phenolic OH excluding ortho intramolecular Hbond substituents is 1. The average Bonchev–Trinajstić information content (AvgIpc) is 2.65. The first-order valence-corrected chi connectivity index (χ1v) is 7.99. The molecule has 1 heterocycles. The van der Waals surface area contributed by atoms with Crippen molar-refractivity contribution in [1.82, 2.24) is 4.90 Å². The number of carbonyl (C=O) groups excluding carboxylic acids is 1. The van der Waals surface area contributed by atoms with Crippen LogP contribution in [0.4, 0.5) is 0 Å². The minimum atomic E-state index is -0.133. The maximum atomic E-state index is 12.6. The first-order chi connectivity index (χ1) is 9.13. The number of phenols is 1. The van der Waals surface area contributed by atoms with E-state index in [4.69, 9.17) is 11.6 Å². The summed E-state index contributed by atoms with van der Waals surface area (Å²) in [6.45, 7) is 0.737. The maximum Gasteiger partial charge on any atom is 0.257 e. The van der Waals surface area contributed by atoms with Gasteiger partial charge >= 0.3 is 0 Å². The number of halogens is 2. The zero-order chi connectivity index (χ0) is 13.8. The summed E-state index contributed by atoms with van der Waals surface area (Å²) in [6.07, 6.45) is 4.30. The monoisotopic (exact) mass is 345 g/mol. The maximum absolute atomic E-state index is 12.6. The van der Waals surface area contributed by atoms with Crippen LogP contribution < -0.4 is 0 Å². The van der Waals surface area contributed by atoms with E-state index in [0.29, 0.717) is 10.6 Å². The van der Waals surface area contributed by atoms with Gasteiger partial charge in [0, 0.05) is 22.9 Å². The average molecular weight is 347 g/mol.